The zero-order valence-corrected chi connectivity index (χ0v) is 21.7. The van der Waals surface area contributed by atoms with Gasteiger partial charge in [0.15, 0.2) is 0 Å². The van der Waals surface area contributed by atoms with Gasteiger partial charge in [-0.2, -0.15) is 0 Å². The van der Waals surface area contributed by atoms with Crippen molar-refractivity contribution in [1.82, 2.24) is 9.55 Å². The molecule has 0 spiro atoms. The molecule has 5 rings (SSSR count). The highest BCUT2D eigenvalue weighted by Gasteiger charge is 2.34. The first-order valence-corrected chi connectivity index (χ1v) is 12.9. The van der Waals surface area contributed by atoms with Crippen LogP contribution in [0.1, 0.15) is 48.8 Å². The van der Waals surface area contributed by atoms with Gasteiger partial charge in [-0.3, -0.25) is 4.79 Å². The van der Waals surface area contributed by atoms with E-state index in [1.165, 1.54) is 30.5 Å². The quantitative estimate of drug-likeness (QED) is 0.223. The largest absolute Gasteiger partial charge is 0.493 e. The first-order chi connectivity index (χ1) is 17.3. The lowest BCUT2D eigenvalue weighted by Gasteiger charge is -2.25. The number of carbonyl (C=O) groups is 1. The monoisotopic (exact) mass is 597 g/mol. The highest BCUT2D eigenvalue weighted by Crippen LogP contribution is 2.41. The van der Waals surface area contributed by atoms with Crippen molar-refractivity contribution in [3.05, 3.63) is 104 Å². The van der Waals surface area contributed by atoms with E-state index in [1.807, 2.05) is 77.2 Å². The van der Waals surface area contributed by atoms with Crippen LogP contribution >= 0.6 is 22.6 Å². The molecule has 0 bridgehead atoms. The maximum Gasteiger partial charge on any atom is 0.329 e. The van der Waals surface area contributed by atoms with E-state index in [0.717, 1.165) is 10.1 Å². The number of benzene rings is 3. The number of anilines is 1. The van der Waals surface area contributed by atoms with Crippen molar-refractivity contribution >= 4 is 34.2 Å². The first kappa shape index (κ1) is 24.3. The highest BCUT2D eigenvalue weighted by molar-refractivity contribution is 14.1. The Hall–Kier alpha value is -3.40. The van der Waals surface area contributed by atoms with Gasteiger partial charge in [0.25, 0.3) is 0 Å². The zero-order valence-electron chi connectivity index (χ0n) is 19.5. The number of carbonyl (C=O) groups excluding carboxylic acids is 1. The van der Waals surface area contributed by atoms with Crippen molar-refractivity contribution in [1.29, 1.82) is 0 Å². The summed E-state index contributed by atoms with van der Waals surface area (Å²) < 4.78 is 16.3. The molecule has 2 atom stereocenters. The molecule has 0 radical (unpaired) electrons. The van der Waals surface area contributed by atoms with Gasteiger partial charge in [-0.15, -0.1) is 0 Å². The van der Waals surface area contributed by atoms with E-state index in [-0.39, 0.29) is 17.3 Å². The third-order valence-corrected chi connectivity index (χ3v) is 7.36. The molecule has 184 valence electrons. The Morgan fingerprint density at radius 2 is 1.81 bits per heavy atom. The predicted octanol–water partition coefficient (Wildman–Crippen LogP) is 6.15. The van der Waals surface area contributed by atoms with Crippen molar-refractivity contribution in [3.63, 3.8) is 0 Å². The smallest absolute Gasteiger partial charge is 0.329 e. The standard InChI is InChI=1S/C28H25FIN3O3/c1-16(17-5-3-2-4-6-17)25(26(34)31-23-14-13-21(30)15-22(23)29)33-27(35)24(32-28(33)36)20-11-9-19(10-12-20)18-7-8-18/h2-6,9-16,18,25,35H,7-8H2,1H3,(H,31,34)(H,32,36)/t16-,25-/m0/s1. The van der Waals surface area contributed by atoms with Crippen LogP contribution < -0.4 is 11.0 Å². The summed E-state index contributed by atoms with van der Waals surface area (Å²) in [5.74, 6) is -1.47. The third kappa shape index (κ3) is 4.82. The molecule has 0 aliphatic heterocycles. The van der Waals surface area contributed by atoms with Gasteiger partial charge in [-0.25, -0.2) is 13.8 Å². The molecule has 3 aromatic carbocycles. The average Bonchev–Trinajstić information content (AvgIpc) is 3.68. The van der Waals surface area contributed by atoms with E-state index in [4.69, 9.17) is 0 Å². The van der Waals surface area contributed by atoms with E-state index in [1.54, 1.807) is 13.0 Å². The summed E-state index contributed by atoms with van der Waals surface area (Å²) in [6, 6.07) is 20.3. The molecule has 1 fully saturated rings. The van der Waals surface area contributed by atoms with Crippen LogP contribution in [0.4, 0.5) is 10.1 Å². The van der Waals surface area contributed by atoms with Gasteiger partial charge < -0.3 is 15.4 Å². The normalized spacial score (nSPS) is 14.9. The van der Waals surface area contributed by atoms with E-state index >= 15 is 0 Å². The van der Waals surface area contributed by atoms with Crippen molar-refractivity contribution in [2.75, 3.05) is 5.32 Å². The average molecular weight is 597 g/mol. The van der Waals surface area contributed by atoms with Gasteiger partial charge >= 0.3 is 5.69 Å². The second-order valence-electron chi connectivity index (χ2n) is 9.15. The number of imidazole rings is 1. The molecule has 6 nitrogen and oxygen atoms in total. The summed E-state index contributed by atoms with van der Waals surface area (Å²) in [7, 11) is 0. The van der Waals surface area contributed by atoms with Crippen molar-refractivity contribution in [3.8, 4) is 17.1 Å². The number of halogens is 2. The minimum absolute atomic E-state index is 0.00430. The van der Waals surface area contributed by atoms with E-state index in [0.29, 0.717) is 15.1 Å². The number of H-pyrrole nitrogens is 1. The molecule has 1 heterocycles. The fraction of sp³-hybridized carbons (Fsp3) is 0.214. The number of hydrogen-bond acceptors (Lipinski definition) is 3. The van der Waals surface area contributed by atoms with Gasteiger partial charge in [-0.1, -0.05) is 61.5 Å². The minimum atomic E-state index is -1.14. The Morgan fingerprint density at radius 1 is 1.11 bits per heavy atom. The second-order valence-corrected chi connectivity index (χ2v) is 10.4. The van der Waals surface area contributed by atoms with Crippen LogP contribution in [-0.4, -0.2) is 20.6 Å². The molecular weight excluding hydrogens is 572 g/mol. The summed E-state index contributed by atoms with van der Waals surface area (Å²) in [6.07, 6.45) is 2.35. The number of hydrogen-bond donors (Lipinski definition) is 3. The first-order valence-electron chi connectivity index (χ1n) is 11.8. The van der Waals surface area contributed by atoms with Crippen LogP contribution in [0.5, 0.6) is 5.88 Å². The lowest BCUT2D eigenvalue weighted by Crippen LogP contribution is -2.35. The topological polar surface area (TPSA) is 87.1 Å². The fourth-order valence-corrected chi connectivity index (χ4v) is 5.00. The van der Waals surface area contributed by atoms with E-state index < -0.39 is 29.4 Å². The number of aromatic hydroxyl groups is 1. The van der Waals surface area contributed by atoms with Crippen molar-refractivity contribution < 1.29 is 14.3 Å². The molecule has 36 heavy (non-hydrogen) atoms. The third-order valence-electron chi connectivity index (χ3n) is 6.69. The second kappa shape index (κ2) is 9.93. The maximum atomic E-state index is 14.5. The zero-order chi connectivity index (χ0) is 25.4. The van der Waals surface area contributed by atoms with Gasteiger partial charge in [0.1, 0.15) is 17.6 Å². The van der Waals surface area contributed by atoms with Crippen LogP contribution in [0.2, 0.25) is 0 Å². The number of nitrogens with one attached hydrogen (secondary N) is 2. The Balaban J connectivity index is 1.55. The number of nitrogens with zero attached hydrogens (tertiary/aromatic N) is 1. The molecule has 0 saturated heterocycles. The van der Waals surface area contributed by atoms with E-state index in [2.05, 4.69) is 10.3 Å². The molecule has 1 aliphatic rings. The Labute approximate surface area is 221 Å². The molecule has 3 N–H and O–H groups in total. The SMILES string of the molecule is C[C@@H](c1ccccc1)[C@@H](C(=O)Nc1ccc(I)cc1F)n1c(O)c(-c2ccc(C3CC3)cc2)[nH]c1=O. The number of aromatic nitrogens is 2. The number of rotatable bonds is 7. The van der Waals surface area contributed by atoms with Crippen molar-refractivity contribution in [2.24, 2.45) is 0 Å². The van der Waals surface area contributed by atoms with E-state index in [9.17, 15) is 19.1 Å². The molecule has 1 aliphatic carbocycles. The van der Waals surface area contributed by atoms with Crippen LogP contribution in [0.15, 0.2) is 77.6 Å². The van der Waals surface area contributed by atoms with Crippen molar-refractivity contribution in [2.45, 2.75) is 37.6 Å². The summed E-state index contributed by atoms with van der Waals surface area (Å²) in [4.78, 5) is 29.5. The molecule has 1 saturated carbocycles. The Bertz CT molecular complexity index is 1460. The molecule has 1 amide bonds. The Kier molecular flexibility index (Phi) is 6.70. The number of aromatic amines is 1. The highest BCUT2D eigenvalue weighted by atomic mass is 127. The van der Waals surface area contributed by atoms with Gasteiger partial charge in [0.2, 0.25) is 11.8 Å². The summed E-state index contributed by atoms with van der Waals surface area (Å²) in [5, 5.41) is 13.8. The molecular formula is C28H25FIN3O3. The van der Waals surface area contributed by atoms with Gasteiger partial charge in [0, 0.05) is 15.1 Å². The number of amides is 1. The van der Waals surface area contributed by atoms with Crippen LogP contribution in [-0.2, 0) is 4.79 Å². The lowest BCUT2D eigenvalue weighted by atomic mass is 9.92. The molecule has 8 heteroatoms. The van der Waals surface area contributed by atoms with Gasteiger partial charge in [-0.05, 0) is 70.7 Å². The Morgan fingerprint density at radius 3 is 2.44 bits per heavy atom. The lowest BCUT2D eigenvalue weighted by molar-refractivity contribution is -0.120. The molecule has 0 unspecified atom stereocenters. The minimum Gasteiger partial charge on any atom is -0.493 e. The fourth-order valence-electron chi connectivity index (χ4n) is 4.54. The summed E-state index contributed by atoms with van der Waals surface area (Å²) in [5.41, 5.74) is 2.28. The van der Waals surface area contributed by atoms with Crippen LogP contribution in [0, 0.1) is 9.39 Å². The predicted molar refractivity (Wildman–Crippen MR) is 146 cm³/mol. The molecule has 4 aromatic rings. The van der Waals surface area contributed by atoms with Crippen LogP contribution in [0.25, 0.3) is 11.3 Å². The van der Waals surface area contributed by atoms with Gasteiger partial charge in [0.05, 0.1) is 5.69 Å². The summed E-state index contributed by atoms with van der Waals surface area (Å²) >= 11 is 1.99. The van der Waals surface area contributed by atoms with Crippen LogP contribution in [0.3, 0.4) is 0 Å². The maximum absolute atomic E-state index is 14.5. The summed E-state index contributed by atoms with van der Waals surface area (Å²) in [6.45, 7) is 1.80. The molecule has 1 aromatic heterocycles.